The molecule has 1 aliphatic heterocycles. The highest BCUT2D eigenvalue weighted by atomic mass is 16.6. The molecule has 25 heavy (non-hydrogen) atoms. The molecule has 2 amide bonds. The monoisotopic (exact) mass is 354 g/mol. The second-order valence-corrected chi connectivity index (χ2v) is 7.29. The normalized spacial score (nSPS) is 15.0. The van der Waals surface area contributed by atoms with E-state index in [4.69, 9.17) is 14.6 Å². The SMILES string of the molecule is CC(C)(C)OC(=O)N(C(=O)OC(C)(C)C)C1=NC=C(C(=O)O)C(=O)C1. The number of rotatable bonds is 1. The molecule has 0 spiro atoms. The van der Waals surface area contributed by atoms with Crippen LogP contribution in [0.5, 0.6) is 0 Å². The summed E-state index contributed by atoms with van der Waals surface area (Å²) in [5, 5.41) is 8.90. The summed E-state index contributed by atoms with van der Waals surface area (Å²) in [6.45, 7) is 9.63. The molecule has 9 nitrogen and oxygen atoms in total. The number of carbonyl (C=O) groups excluding carboxylic acids is 3. The van der Waals surface area contributed by atoms with E-state index in [0.717, 1.165) is 6.20 Å². The molecule has 9 heteroatoms. The molecule has 0 atom stereocenters. The van der Waals surface area contributed by atoms with Crippen molar-refractivity contribution in [2.75, 3.05) is 0 Å². The van der Waals surface area contributed by atoms with Gasteiger partial charge in [-0.05, 0) is 41.5 Å². The summed E-state index contributed by atoms with van der Waals surface area (Å²) >= 11 is 0. The minimum atomic E-state index is -1.44. The largest absolute Gasteiger partial charge is 0.478 e. The van der Waals surface area contributed by atoms with Gasteiger partial charge in [-0.15, -0.1) is 0 Å². The maximum atomic E-state index is 12.4. The molecule has 1 N–H and O–H groups in total. The van der Waals surface area contributed by atoms with Gasteiger partial charge in [0.25, 0.3) is 0 Å². The van der Waals surface area contributed by atoms with Crippen molar-refractivity contribution in [2.45, 2.75) is 59.2 Å². The van der Waals surface area contributed by atoms with E-state index in [2.05, 4.69) is 4.99 Å². The molecule has 1 rings (SSSR count). The maximum absolute atomic E-state index is 12.4. The molecular weight excluding hydrogens is 332 g/mol. The van der Waals surface area contributed by atoms with Gasteiger partial charge in [0.2, 0.25) is 0 Å². The quantitative estimate of drug-likeness (QED) is 0.718. The number of Topliss-reactive ketones (excluding diaryl/α,β-unsaturated/α-hetero) is 1. The Bertz CT molecular complexity index is 635. The van der Waals surface area contributed by atoms with Crippen LogP contribution in [0.1, 0.15) is 48.0 Å². The molecule has 0 saturated heterocycles. The summed E-state index contributed by atoms with van der Waals surface area (Å²) in [6, 6.07) is 0. The zero-order valence-corrected chi connectivity index (χ0v) is 15.1. The molecule has 0 aromatic heterocycles. The summed E-state index contributed by atoms with van der Waals surface area (Å²) in [6.07, 6.45) is -1.89. The molecule has 0 aromatic rings. The van der Waals surface area contributed by atoms with Gasteiger partial charge in [-0.1, -0.05) is 0 Å². The number of nitrogens with zero attached hydrogens (tertiary/aromatic N) is 2. The van der Waals surface area contributed by atoms with E-state index in [9.17, 15) is 19.2 Å². The first-order valence-corrected chi connectivity index (χ1v) is 7.51. The fraction of sp³-hybridized carbons (Fsp3) is 0.562. The van der Waals surface area contributed by atoms with Crippen LogP contribution in [0, 0.1) is 0 Å². The van der Waals surface area contributed by atoms with Gasteiger partial charge >= 0.3 is 18.2 Å². The van der Waals surface area contributed by atoms with Crippen LogP contribution in [0.25, 0.3) is 0 Å². The Balaban J connectivity index is 3.23. The number of imide groups is 1. The average molecular weight is 354 g/mol. The van der Waals surface area contributed by atoms with Crippen molar-refractivity contribution in [1.82, 2.24) is 4.90 Å². The van der Waals surface area contributed by atoms with E-state index >= 15 is 0 Å². The first-order valence-electron chi connectivity index (χ1n) is 7.51. The smallest absolute Gasteiger partial charge is 0.425 e. The summed E-state index contributed by atoms with van der Waals surface area (Å²) in [7, 11) is 0. The van der Waals surface area contributed by atoms with E-state index in [-0.39, 0.29) is 5.84 Å². The molecule has 0 fully saturated rings. The first-order chi connectivity index (χ1) is 11.2. The van der Waals surface area contributed by atoms with Crippen LogP contribution in [0.2, 0.25) is 0 Å². The average Bonchev–Trinajstić information content (AvgIpc) is 2.33. The van der Waals surface area contributed by atoms with Gasteiger partial charge in [0, 0.05) is 6.20 Å². The number of hydrogen-bond donors (Lipinski definition) is 1. The Hall–Kier alpha value is -2.71. The predicted octanol–water partition coefficient (Wildman–Crippen LogP) is 2.50. The molecule has 0 saturated carbocycles. The lowest BCUT2D eigenvalue weighted by atomic mass is 10.1. The van der Waals surface area contributed by atoms with Crippen LogP contribution in [-0.4, -0.2) is 51.0 Å². The Labute approximate surface area is 145 Å². The van der Waals surface area contributed by atoms with Crippen LogP contribution in [0.15, 0.2) is 16.8 Å². The molecule has 0 unspecified atom stereocenters. The number of carboxylic acids is 1. The lowest BCUT2D eigenvalue weighted by Crippen LogP contribution is -2.48. The minimum absolute atomic E-state index is 0.265. The van der Waals surface area contributed by atoms with Crippen molar-refractivity contribution in [3.63, 3.8) is 0 Å². The highest BCUT2D eigenvalue weighted by Gasteiger charge is 2.37. The number of amides is 2. The van der Waals surface area contributed by atoms with Crippen LogP contribution in [-0.2, 0) is 19.1 Å². The van der Waals surface area contributed by atoms with Gasteiger partial charge in [-0.2, -0.15) is 4.90 Å². The summed E-state index contributed by atoms with van der Waals surface area (Å²) in [5.41, 5.74) is -2.34. The standard InChI is InChI=1S/C16H22N2O7/c1-15(2,3)24-13(22)18(14(23)25-16(4,5)6)11-7-10(19)9(8-17-11)12(20)21/h8H,7H2,1-6H3,(H,20,21). The lowest BCUT2D eigenvalue weighted by molar-refractivity contribution is -0.134. The van der Waals surface area contributed by atoms with Crippen molar-refractivity contribution in [1.29, 1.82) is 0 Å². The van der Waals surface area contributed by atoms with Gasteiger partial charge in [0.05, 0.1) is 6.42 Å². The molecule has 0 radical (unpaired) electrons. The fourth-order valence-electron chi connectivity index (χ4n) is 1.71. The summed E-state index contributed by atoms with van der Waals surface area (Å²) in [4.78, 5) is 51.9. The molecule has 0 aromatic carbocycles. The Morgan fingerprint density at radius 1 is 1.04 bits per heavy atom. The second kappa shape index (κ2) is 7.04. The van der Waals surface area contributed by atoms with Crippen molar-refractivity contribution in [2.24, 2.45) is 4.99 Å². The number of ketones is 1. The van der Waals surface area contributed by atoms with Gasteiger partial charge in [0.15, 0.2) is 5.78 Å². The molecule has 1 aliphatic rings. The molecule has 0 aliphatic carbocycles. The third-order valence-electron chi connectivity index (χ3n) is 2.60. The third-order valence-corrected chi connectivity index (χ3v) is 2.60. The van der Waals surface area contributed by atoms with Crippen molar-refractivity contribution < 1.29 is 33.8 Å². The Morgan fingerprint density at radius 3 is 1.80 bits per heavy atom. The zero-order chi connectivity index (χ0) is 19.6. The van der Waals surface area contributed by atoms with E-state index in [1.54, 1.807) is 41.5 Å². The number of aliphatic carboxylic acids is 1. The topological polar surface area (TPSA) is 123 Å². The van der Waals surface area contributed by atoms with E-state index < -0.39 is 47.1 Å². The number of ether oxygens (including phenoxy) is 2. The van der Waals surface area contributed by atoms with Crippen molar-refractivity contribution in [3.05, 3.63) is 11.8 Å². The second-order valence-electron chi connectivity index (χ2n) is 7.29. The van der Waals surface area contributed by atoms with Crippen LogP contribution >= 0.6 is 0 Å². The highest BCUT2D eigenvalue weighted by molar-refractivity contribution is 6.26. The molecule has 138 valence electrons. The first kappa shape index (κ1) is 20.3. The number of carboxylic acid groups (broad SMARTS) is 1. The third kappa shape index (κ3) is 6.02. The number of aliphatic imine (C=N–C) groups is 1. The lowest BCUT2D eigenvalue weighted by Gasteiger charge is -2.29. The molecule has 0 bridgehead atoms. The highest BCUT2D eigenvalue weighted by Crippen LogP contribution is 2.19. The summed E-state index contributed by atoms with van der Waals surface area (Å²) in [5.74, 6) is -2.48. The fourth-order valence-corrected chi connectivity index (χ4v) is 1.71. The van der Waals surface area contributed by atoms with Crippen LogP contribution in [0.4, 0.5) is 9.59 Å². The van der Waals surface area contributed by atoms with E-state index in [1.807, 2.05) is 0 Å². The Kier molecular flexibility index (Phi) is 5.72. The van der Waals surface area contributed by atoms with Gasteiger partial charge in [-0.25, -0.2) is 19.4 Å². The summed E-state index contributed by atoms with van der Waals surface area (Å²) < 4.78 is 10.3. The van der Waals surface area contributed by atoms with Crippen LogP contribution in [0.3, 0.4) is 0 Å². The van der Waals surface area contributed by atoms with Crippen molar-refractivity contribution >= 4 is 29.8 Å². The maximum Gasteiger partial charge on any atom is 0.425 e. The molecular formula is C16H22N2O7. The number of amidine groups is 1. The molecule has 1 heterocycles. The van der Waals surface area contributed by atoms with Gasteiger partial charge < -0.3 is 14.6 Å². The van der Waals surface area contributed by atoms with Gasteiger partial charge in [0.1, 0.15) is 22.6 Å². The van der Waals surface area contributed by atoms with E-state index in [0.29, 0.717) is 4.90 Å². The van der Waals surface area contributed by atoms with E-state index in [1.165, 1.54) is 0 Å². The minimum Gasteiger partial charge on any atom is -0.478 e. The predicted molar refractivity (Wildman–Crippen MR) is 87.1 cm³/mol. The van der Waals surface area contributed by atoms with Gasteiger partial charge in [-0.3, -0.25) is 4.79 Å². The Morgan fingerprint density at radius 2 is 1.48 bits per heavy atom. The van der Waals surface area contributed by atoms with Crippen LogP contribution < -0.4 is 0 Å². The van der Waals surface area contributed by atoms with Crippen molar-refractivity contribution in [3.8, 4) is 0 Å². The number of hydrogen-bond acceptors (Lipinski definition) is 7. The number of carbonyl (C=O) groups is 4. The zero-order valence-electron chi connectivity index (χ0n) is 15.1.